The number of alkyl halides is 1. The summed E-state index contributed by atoms with van der Waals surface area (Å²) in [6, 6.07) is 3.35. The van der Waals surface area contributed by atoms with Crippen LogP contribution in [-0.4, -0.2) is 6.67 Å². The van der Waals surface area contributed by atoms with Gasteiger partial charge in [0.1, 0.15) is 17.5 Å². The fraction of sp³-hybridized carbons (Fsp3) is 0.586. The summed E-state index contributed by atoms with van der Waals surface area (Å²) in [6.45, 7) is 2.22. The molecule has 0 aromatic heterocycles. The molecule has 2 fully saturated rings. The van der Waals surface area contributed by atoms with Crippen molar-refractivity contribution in [3.05, 3.63) is 59.4 Å². The SMILES string of the molecule is CCCC1CCC(C2CCC(CCF)CC2)CC1.Fc1cc(F)c(-c2ccc(F)c(F)c2)c(F)c1. The third-order valence-electron chi connectivity index (χ3n) is 7.88. The summed E-state index contributed by atoms with van der Waals surface area (Å²) in [5.41, 5.74) is -0.788. The van der Waals surface area contributed by atoms with Gasteiger partial charge in [-0.1, -0.05) is 51.5 Å². The molecule has 2 aromatic rings. The number of hydrogen-bond donors (Lipinski definition) is 0. The lowest BCUT2D eigenvalue weighted by Gasteiger charge is -2.37. The van der Waals surface area contributed by atoms with Gasteiger partial charge in [0.2, 0.25) is 0 Å². The standard InChI is InChI=1S/C17H31F.C12H5F5/c1-2-3-14-4-8-16(9-5-14)17-10-6-15(7-11-17)12-13-18;13-7-4-10(16)12(11(17)5-7)6-1-2-8(14)9(15)3-6/h14-17H,2-13H2,1H3;1-5H. The smallest absolute Gasteiger partial charge is 0.159 e. The molecule has 0 spiro atoms. The van der Waals surface area contributed by atoms with Crippen LogP contribution in [0.25, 0.3) is 11.1 Å². The van der Waals surface area contributed by atoms with Crippen LogP contribution >= 0.6 is 0 Å². The molecule has 0 N–H and O–H groups in total. The fourth-order valence-electron chi connectivity index (χ4n) is 5.93. The molecule has 2 saturated carbocycles. The third kappa shape index (κ3) is 7.75. The average molecular weight is 499 g/mol. The van der Waals surface area contributed by atoms with Crippen molar-refractivity contribution in [2.45, 2.75) is 77.6 Å². The molecule has 35 heavy (non-hydrogen) atoms. The van der Waals surface area contributed by atoms with Gasteiger partial charge in [-0.25, -0.2) is 22.0 Å². The first-order valence-corrected chi connectivity index (χ1v) is 13.0. The van der Waals surface area contributed by atoms with Crippen molar-refractivity contribution in [1.82, 2.24) is 0 Å². The highest BCUT2D eigenvalue weighted by atomic mass is 19.2. The van der Waals surface area contributed by atoms with Gasteiger partial charge in [0.25, 0.3) is 0 Å². The van der Waals surface area contributed by atoms with E-state index in [1.165, 1.54) is 64.2 Å². The Morgan fingerprint density at radius 3 is 1.60 bits per heavy atom. The first kappa shape index (κ1) is 27.6. The van der Waals surface area contributed by atoms with Gasteiger partial charge in [-0.15, -0.1) is 0 Å². The average Bonchev–Trinajstić information content (AvgIpc) is 2.83. The van der Waals surface area contributed by atoms with E-state index in [0.717, 1.165) is 36.3 Å². The van der Waals surface area contributed by atoms with E-state index in [1.54, 1.807) is 0 Å². The van der Waals surface area contributed by atoms with Gasteiger partial charge >= 0.3 is 0 Å². The number of rotatable bonds is 6. The number of halogens is 6. The Morgan fingerprint density at radius 2 is 1.14 bits per heavy atom. The predicted molar refractivity (Wildman–Crippen MR) is 128 cm³/mol. The molecule has 0 atom stereocenters. The molecular formula is C29H36F6. The Kier molecular flexibility index (Phi) is 10.5. The Hall–Kier alpha value is -1.98. The van der Waals surface area contributed by atoms with Crippen LogP contribution in [0.5, 0.6) is 0 Å². The van der Waals surface area contributed by atoms with Crippen LogP contribution < -0.4 is 0 Å². The second kappa shape index (κ2) is 13.4. The van der Waals surface area contributed by atoms with Crippen molar-refractivity contribution in [2.24, 2.45) is 23.7 Å². The Bertz CT molecular complexity index is 880. The maximum Gasteiger partial charge on any atom is 0.159 e. The van der Waals surface area contributed by atoms with Gasteiger partial charge in [-0.3, -0.25) is 4.39 Å². The van der Waals surface area contributed by atoms with E-state index < -0.39 is 34.6 Å². The summed E-state index contributed by atoms with van der Waals surface area (Å²) in [5.74, 6) is -2.03. The third-order valence-corrected chi connectivity index (χ3v) is 7.88. The van der Waals surface area contributed by atoms with Crippen molar-refractivity contribution in [1.29, 1.82) is 0 Å². The van der Waals surface area contributed by atoms with E-state index in [9.17, 15) is 26.3 Å². The molecular weight excluding hydrogens is 462 g/mol. The maximum absolute atomic E-state index is 13.3. The molecule has 0 saturated heterocycles. The lowest BCUT2D eigenvalue weighted by Crippen LogP contribution is -2.26. The van der Waals surface area contributed by atoms with Crippen molar-refractivity contribution in [3.63, 3.8) is 0 Å². The van der Waals surface area contributed by atoms with Crippen molar-refractivity contribution < 1.29 is 26.3 Å². The largest absolute Gasteiger partial charge is 0.251 e. The Labute approximate surface area is 205 Å². The van der Waals surface area contributed by atoms with E-state index >= 15 is 0 Å². The van der Waals surface area contributed by atoms with Crippen LogP contribution in [0.1, 0.15) is 77.6 Å². The molecule has 0 unspecified atom stereocenters. The lowest BCUT2D eigenvalue weighted by atomic mass is 9.68. The molecule has 194 valence electrons. The molecule has 6 heteroatoms. The van der Waals surface area contributed by atoms with Gasteiger partial charge in [0.15, 0.2) is 11.6 Å². The van der Waals surface area contributed by atoms with E-state index in [2.05, 4.69) is 6.92 Å². The second-order valence-electron chi connectivity index (χ2n) is 10.2. The summed E-state index contributed by atoms with van der Waals surface area (Å²) < 4.78 is 77.2. The van der Waals surface area contributed by atoms with Crippen LogP contribution in [-0.2, 0) is 0 Å². The fourth-order valence-corrected chi connectivity index (χ4v) is 5.93. The minimum Gasteiger partial charge on any atom is -0.251 e. The lowest BCUT2D eigenvalue weighted by molar-refractivity contribution is 0.138. The zero-order chi connectivity index (χ0) is 25.4. The molecule has 0 radical (unpaired) electrons. The highest BCUT2D eigenvalue weighted by Gasteiger charge is 2.30. The minimum atomic E-state index is -1.23. The summed E-state index contributed by atoms with van der Waals surface area (Å²) in [5, 5.41) is 0. The van der Waals surface area contributed by atoms with Crippen molar-refractivity contribution in [2.75, 3.05) is 6.67 Å². The quantitative estimate of drug-likeness (QED) is 0.348. The zero-order valence-electron chi connectivity index (χ0n) is 20.4. The topological polar surface area (TPSA) is 0 Å². The van der Waals surface area contributed by atoms with E-state index in [4.69, 9.17) is 0 Å². The van der Waals surface area contributed by atoms with Crippen LogP contribution in [0.15, 0.2) is 30.3 Å². The first-order valence-electron chi connectivity index (χ1n) is 13.0. The zero-order valence-corrected chi connectivity index (χ0v) is 20.4. The first-order chi connectivity index (χ1) is 16.8. The van der Waals surface area contributed by atoms with Crippen LogP contribution in [0.4, 0.5) is 26.3 Å². The summed E-state index contributed by atoms with van der Waals surface area (Å²) in [7, 11) is 0. The summed E-state index contributed by atoms with van der Waals surface area (Å²) in [6.07, 6.45) is 15.0. The van der Waals surface area contributed by atoms with Gasteiger partial charge in [0.05, 0.1) is 12.2 Å². The monoisotopic (exact) mass is 498 g/mol. The van der Waals surface area contributed by atoms with Crippen molar-refractivity contribution in [3.8, 4) is 11.1 Å². The normalized spacial score (nSPS) is 24.5. The van der Waals surface area contributed by atoms with Crippen LogP contribution in [0.2, 0.25) is 0 Å². The van der Waals surface area contributed by atoms with Gasteiger partial charge in [-0.2, -0.15) is 0 Å². The molecule has 0 aliphatic heterocycles. The predicted octanol–water partition coefficient (Wildman–Crippen LogP) is 9.81. The minimum absolute atomic E-state index is 0.0997. The number of hydrogen-bond acceptors (Lipinski definition) is 0. The summed E-state index contributed by atoms with van der Waals surface area (Å²) >= 11 is 0. The van der Waals surface area contributed by atoms with Gasteiger partial charge in [-0.05, 0) is 73.5 Å². The molecule has 0 amide bonds. The molecule has 2 aliphatic carbocycles. The molecule has 0 nitrogen and oxygen atoms in total. The van der Waals surface area contributed by atoms with E-state index in [0.29, 0.717) is 24.1 Å². The van der Waals surface area contributed by atoms with Crippen LogP contribution in [0.3, 0.4) is 0 Å². The van der Waals surface area contributed by atoms with E-state index in [1.807, 2.05) is 0 Å². The molecule has 2 aromatic carbocycles. The van der Waals surface area contributed by atoms with Crippen LogP contribution in [0, 0.1) is 52.8 Å². The molecule has 4 rings (SSSR count). The Morgan fingerprint density at radius 1 is 0.629 bits per heavy atom. The molecule has 0 heterocycles. The Balaban J connectivity index is 0.000000196. The maximum atomic E-state index is 13.3. The summed E-state index contributed by atoms with van der Waals surface area (Å²) in [4.78, 5) is 0. The van der Waals surface area contributed by atoms with Gasteiger partial charge in [0, 0.05) is 12.1 Å². The highest BCUT2D eigenvalue weighted by molar-refractivity contribution is 5.64. The van der Waals surface area contributed by atoms with E-state index in [-0.39, 0.29) is 12.2 Å². The highest BCUT2D eigenvalue weighted by Crippen LogP contribution is 2.42. The molecule has 2 aliphatic rings. The van der Waals surface area contributed by atoms with Gasteiger partial charge < -0.3 is 0 Å². The second-order valence-corrected chi connectivity index (χ2v) is 10.2. The molecule has 0 bridgehead atoms. The van der Waals surface area contributed by atoms with Crippen molar-refractivity contribution >= 4 is 0 Å². The number of benzene rings is 2.